The first-order valence-corrected chi connectivity index (χ1v) is 9.44. The third kappa shape index (κ3) is 4.37. The second-order valence-electron chi connectivity index (χ2n) is 6.81. The molecule has 0 spiro atoms. The fraction of sp³-hybridized carbons (Fsp3) is 0.250. The summed E-state index contributed by atoms with van der Waals surface area (Å²) < 4.78 is 26.8. The molecular formula is C20H23NO3S. The average molecular weight is 357 g/mol. The quantitative estimate of drug-likeness (QED) is 0.763. The van der Waals surface area contributed by atoms with Crippen molar-refractivity contribution in [3.63, 3.8) is 0 Å². The Bertz CT molecular complexity index is 848. The molecule has 0 aliphatic rings. The molecule has 0 bridgehead atoms. The zero-order chi connectivity index (χ0) is 18.7. The Balaban J connectivity index is 2.41. The van der Waals surface area contributed by atoms with E-state index in [4.69, 9.17) is 0 Å². The molecule has 0 atom stereocenters. The minimum atomic E-state index is -3.96. The van der Waals surface area contributed by atoms with Crippen LogP contribution in [-0.2, 0) is 26.8 Å². The Morgan fingerprint density at radius 3 is 2.08 bits per heavy atom. The molecule has 0 unspecified atom stereocenters. The van der Waals surface area contributed by atoms with Crippen LogP contribution in [0.4, 0.5) is 0 Å². The van der Waals surface area contributed by atoms with Crippen LogP contribution >= 0.6 is 0 Å². The van der Waals surface area contributed by atoms with Crippen LogP contribution in [0.2, 0.25) is 0 Å². The SMILES string of the molecule is C=CC(=O)N(Cc1ccccc1)S(=O)(=O)c1ccc(C(C)(C)C)cc1. The van der Waals surface area contributed by atoms with Gasteiger partial charge in [0.15, 0.2) is 0 Å². The van der Waals surface area contributed by atoms with Gasteiger partial charge in [-0.05, 0) is 34.8 Å². The van der Waals surface area contributed by atoms with Gasteiger partial charge in [0.25, 0.3) is 15.9 Å². The zero-order valence-corrected chi connectivity index (χ0v) is 15.6. The smallest absolute Gasteiger partial charge is 0.267 e. The lowest BCUT2D eigenvalue weighted by Gasteiger charge is -2.23. The maximum Gasteiger partial charge on any atom is 0.267 e. The number of amides is 1. The number of benzene rings is 2. The molecular weight excluding hydrogens is 334 g/mol. The van der Waals surface area contributed by atoms with Gasteiger partial charge in [-0.25, -0.2) is 12.7 Å². The fourth-order valence-electron chi connectivity index (χ4n) is 2.39. The van der Waals surface area contributed by atoms with Crippen LogP contribution in [0.3, 0.4) is 0 Å². The van der Waals surface area contributed by atoms with E-state index in [-0.39, 0.29) is 16.9 Å². The highest BCUT2D eigenvalue weighted by Gasteiger charge is 2.28. The van der Waals surface area contributed by atoms with Crippen LogP contribution < -0.4 is 0 Å². The lowest BCUT2D eigenvalue weighted by Crippen LogP contribution is -2.35. The molecule has 0 aliphatic carbocycles. The summed E-state index contributed by atoms with van der Waals surface area (Å²) in [7, 11) is -3.96. The topological polar surface area (TPSA) is 54.5 Å². The summed E-state index contributed by atoms with van der Waals surface area (Å²) in [6.07, 6.45) is 1.02. The molecule has 0 saturated heterocycles. The summed E-state index contributed by atoms with van der Waals surface area (Å²) in [6, 6.07) is 15.7. The summed E-state index contributed by atoms with van der Waals surface area (Å²) in [5, 5.41) is 0. The third-order valence-corrected chi connectivity index (χ3v) is 5.65. The van der Waals surface area contributed by atoms with Gasteiger partial charge in [-0.2, -0.15) is 0 Å². The van der Waals surface area contributed by atoms with Crippen LogP contribution in [0.15, 0.2) is 72.1 Å². The average Bonchev–Trinajstić information content (AvgIpc) is 2.59. The van der Waals surface area contributed by atoms with Gasteiger partial charge >= 0.3 is 0 Å². The molecule has 0 aromatic heterocycles. The number of nitrogens with zero attached hydrogens (tertiary/aromatic N) is 1. The van der Waals surface area contributed by atoms with Crippen LogP contribution in [0.5, 0.6) is 0 Å². The maximum atomic E-state index is 13.0. The normalized spacial score (nSPS) is 11.8. The minimum absolute atomic E-state index is 0.0327. The van der Waals surface area contributed by atoms with E-state index >= 15 is 0 Å². The minimum Gasteiger partial charge on any atom is -0.269 e. The second-order valence-corrected chi connectivity index (χ2v) is 8.68. The second kappa shape index (κ2) is 7.23. The molecule has 0 heterocycles. The molecule has 2 aromatic rings. The lowest BCUT2D eigenvalue weighted by molar-refractivity contribution is -0.121. The number of carbonyl (C=O) groups excluding carboxylic acids is 1. The molecule has 2 aromatic carbocycles. The number of hydrogen-bond acceptors (Lipinski definition) is 3. The number of hydrogen-bond donors (Lipinski definition) is 0. The van der Waals surface area contributed by atoms with Crippen LogP contribution in [0, 0.1) is 0 Å². The summed E-state index contributed by atoms with van der Waals surface area (Å²) in [5.74, 6) is -0.649. The molecule has 1 amide bonds. The summed E-state index contributed by atoms with van der Waals surface area (Å²) >= 11 is 0. The molecule has 0 fully saturated rings. The summed E-state index contributed by atoms with van der Waals surface area (Å²) in [6.45, 7) is 9.55. The fourth-order valence-corrected chi connectivity index (χ4v) is 3.75. The van der Waals surface area contributed by atoms with Crippen molar-refractivity contribution >= 4 is 15.9 Å². The number of sulfonamides is 1. The molecule has 4 nitrogen and oxygen atoms in total. The zero-order valence-electron chi connectivity index (χ0n) is 14.8. The molecule has 132 valence electrons. The van der Waals surface area contributed by atoms with Gasteiger partial charge in [0.1, 0.15) is 0 Å². The van der Waals surface area contributed by atoms with Gasteiger partial charge in [-0.15, -0.1) is 0 Å². The molecule has 0 aliphatic heterocycles. The third-order valence-electron chi connectivity index (χ3n) is 3.90. The summed E-state index contributed by atoms with van der Waals surface area (Å²) in [5.41, 5.74) is 1.67. The van der Waals surface area contributed by atoms with Crippen molar-refractivity contribution in [2.45, 2.75) is 37.6 Å². The van der Waals surface area contributed by atoms with E-state index < -0.39 is 15.9 Å². The first kappa shape index (κ1) is 18.9. The van der Waals surface area contributed by atoms with E-state index in [0.29, 0.717) is 0 Å². The highest BCUT2D eigenvalue weighted by atomic mass is 32.2. The Kier molecular flexibility index (Phi) is 5.48. The van der Waals surface area contributed by atoms with E-state index in [1.807, 2.05) is 6.07 Å². The van der Waals surface area contributed by atoms with Crippen molar-refractivity contribution in [3.8, 4) is 0 Å². The van der Waals surface area contributed by atoms with Gasteiger partial charge in [0.05, 0.1) is 11.4 Å². The number of carbonyl (C=O) groups is 1. The van der Waals surface area contributed by atoms with Crippen LogP contribution in [0.25, 0.3) is 0 Å². The monoisotopic (exact) mass is 357 g/mol. The van der Waals surface area contributed by atoms with Crippen molar-refractivity contribution in [1.82, 2.24) is 4.31 Å². The van der Waals surface area contributed by atoms with Crippen molar-refractivity contribution < 1.29 is 13.2 Å². The molecule has 5 heteroatoms. The molecule has 0 radical (unpaired) electrons. The van der Waals surface area contributed by atoms with Crippen LogP contribution in [0.1, 0.15) is 31.9 Å². The Labute approximate surface area is 149 Å². The van der Waals surface area contributed by atoms with Crippen molar-refractivity contribution in [1.29, 1.82) is 0 Å². The molecule has 2 rings (SSSR count). The lowest BCUT2D eigenvalue weighted by atomic mass is 9.87. The highest BCUT2D eigenvalue weighted by molar-refractivity contribution is 7.89. The molecule has 25 heavy (non-hydrogen) atoms. The van der Waals surface area contributed by atoms with E-state index in [2.05, 4.69) is 27.4 Å². The van der Waals surface area contributed by atoms with E-state index in [0.717, 1.165) is 21.5 Å². The standard InChI is InChI=1S/C20H23NO3S/c1-5-19(22)21(15-16-9-7-6-8-10-16)25(23,24)18-13-11-17(12-14-18)20(2,3)4/h5-14H,1,15H2,2-4H3. The van der Waals surface area contributed by atoms with Gasteiger partial charge < -0.3 is 0 Å². The predicted octanol–water partition coefficient (Wildman–Crippen LogP) is 3.89. The highest BCUT2D eigenvalue weighted by Crippen LogP contribution is 2.25. The largest absolute Gasteiger partial charge is 0.269 e. The Hall–Kier alpha value is -2.40. The van der Waals surface area contributed by atoms with E-state index in [1.54, 1.807) is 48.5 Å². The van der Waals surface area contributed by atoms with Gasteiger partial charge in [-0.3, -0.25) is 4.79 Å². The number of rotatable bonds is 5. The molecule has 0 saturated carbocycles. The van der Waals surface area contributed by atoms with Crippen molar-refractivity contribution in [2.75, 3.05) is 0 Å². The van der Waals surface area contributed by atoms with Gasteiger partial charge in [0, 0.05) is 0 Å². The summed E-state index contributed by atoms with van der Waals surface area (Å²) in [4.78, 5) is 12.3. The first-order valence-electron chi connectivity index (χ1n) is 8.00. The first-order chi connectivity index (χ1) is 11.7. The van der Waals surface area contributed by atoms with E-state index in [1.165, 1.54) is 0 Å². The van der Waals surface area contributed by atoms with Gasteiger partial charge in [0.2, 0.25) is 0 Å². The maximum absolute atomic E-state index is 13.0. The Morgan fingerprint density at radius 1 is 1.04 bits per heavy atom. The van der Waals surface area contributed by atoms with Crippen molar-refractivity contribution in [3.05, 3.63) is 78.4 Å². The molecule has 0 N–H and O–H groups in total. The van der Waals surface area contributed by atoms with Crippen LogP contribution in [-0.4, -0.2) is 18.6 Å². The van der Waals surface area contributed by atoms with Crippen molar-refractivity contribution in [2.24, 2.45) is 0 Å². The predicted molar refractivity (Wildman–Crippen MR) is 99.5 cm³/mol. The Morgan fingerprint density at radius 2 is 1.60 bits per heavy atom. The van der Waals surface area contributed by atoms with Gasteiger partial charge in [-0.1, -0.05) is 69.8 Å². The van der Waals surface area contributed by atoms with E-state index in [9.17, 15) is 13.2 Å².